The number of carboxylic acids is 1. The molecule has 0 aliphatic heterocycles. The Labute approximate surface area is 74.7 Å². The van der Waals surface area contributed by atoms with Gasteiger partial charge in [0.25, 0.3) is 6.26 Å². The van der Waals surface area contributed by atoms with Gasteiger partial charge in [-0.2, -0.15) is 0 Å². The molecule has 1 unspecified atom stereocenters. The fraction of sp³-hybridized carbons (Fsp3) is 0.286. The number of aliphatic carboxylic acids is 1. The number of hydrogen-bond donors (Lipinski definition) is 2. The normalized spacial score (nSPS) is 9.62. The van der Waals surface area contributed by atoms with E-state index in [9.17, 15) is 9.59 Å². The summed E-state index contributed by atoms with van der Waals surface area (Å²) in [5.74, 6) is -1.91. The maximum atomic E-state index is 9.85. The van der Waals surface area contributed by atoms with Gasteiger partial charge in [0, 0.05) is 6.08 Å². The van der Waals surface area contributed by atoms with E-state index in [4.69, 9.17) is 15.5 Å². The first-order chi connectivity index (χ1) is 5.95. The lowest BCUT2D eigenvalue weighted by atomic mass is 10.4. The van der Waals surface area contributed by atoms with Crippen molar-refractivity contribution in [3.63, 3.8) is 0 Å². The highest BCUT2D eigenvalue weighted by molar-refractivity contribution is 5.81. The SMILES string of the molecule is C=CC(=O)OC#N.CC(O)C(=O)O. The van der Waals surface area contributed by atoms with Crippen molar-refractivity contribution in [3.05, 3.63) is 12.7 Å². The Kier molecular flexibility index (Phi) is 8.67. The maximum absolute atomic E-state index is 9.85. The average molecular weight is 187 g/mol. The van der Waals surface area contributed by atoms with Crippen molar-refractivity contribution in [2.24, 2.45) is 0 Å². The highest BCUT2D eigenvalue weighted by atomic mass is 16.5. The number of carbonyl (C=O) groups excluding carboxylic acids is 1. The molecule has 0 saturated carbocycles. The van der Waals surface area contributed by atoms with Crippen LogP contribution in [0, 0.1) is 11.5 Å². The van der Waals surface area contributed by atoms with Crippen molar-refractivity contribution in [1.29, 1.82) is 5.26 Å². The first kappa shape index (κ1) is 13.7. The second-order valence-electron chi connectivity index (χ2n) is 1.73. The maximum Gasteiger partial charge on any atom is 0.345 e. The van der Waals surface area contributed by atoms with Crippen LogP contribution < -0.4 is 0 Å². The molecule has 0 aliphatic rings. The van der Waals surface area contributed by atoms with Crippen LogP contribution in [0.4, 0.5) is 0 Å². The van der Waals surface area contributed by atoms with E-state index in [1.54, 1.807) is 0 Å². The molecule has 72 valence electrons. The van der Waals surface area contributed by atoms with E-state index in [1.807, 2.05) is 0 Å². The number of nitrogens with zero attached hydrogens (tertiary/aromatic N) is 1. The first-order valence-corrected chi connectivity index (χ1v) is 3.08. The van der Waals surface area contributed by atoms with Gasteiger partial charge >= 0.3 is 11.9 Å². The highest BCUT2D eigenvalue weighted by Crippen LogP contribution is 1.73. The third-order valence-corrected chi connectivity index (χ3v) is 0.670. The summed E-state index contributed by atoms with van der Waals surface area (Å²) in [6, 6.07) is 0. The van der Waals surface area contributed by atoms with E-state index < -0.39 is 18.0 Å². The zero-order valence-electron chi connectivity index (χ0n) is 6.93. The van der Waals surface area contributed by atoms with Crippen LogP contribution in [0.5, 0.6) is 0 Å². The summed E-state index contributed by atoms with van der Waals surface area (Å²) in [6.45, 7) is 4.25. The largest absolute Gasteiger partial charge is 0.479 e. The molecule has 1 atom stereocenters. The van der Waals surface area contributed by atoms with Crippen molar-refractivity contribution in [2.75, 3.05) is 0 Å². The number of nitriles is 1. The molecular weight excluding hydrogens is 178 g/mol. The number of ether oxygens (including phenoxy) is 1. The van der Waals surface area contributed by atoms with E-state index >= 15 is 0 Å². The standard InChI is InChI=1S/C4H3NO2.C3H6O3/c1-2-4(6)7-3-5;1-2(4)3(5)6/h2H,1H2;2,4H,1H3,(H,5,6). The lowest BCUT2D eigenvalue weighted by molar-refractivity contribution is -0.145. The fourth-order valence-corrected chi connectivity index (χ4v) is 0.0867. The molecule has 0 radical (unpaired) electrons. The zero-order chi connectivity index (χ0) is 10.9. The van der Waals surface area contributed by atoms with Gasteiger partial charge in [-0.1, -0.05) is 6.58 Å². The predicted molar refractivity (Wildman–Crippen MR) is 41.2 cm³/mol. The Morgan fingerprint density at radius 1 is 1.69 bits per heavy atom. The van der Waals surface area contributed by atoms with Gasteiger partial charge in [0.15, 0.2) is 0 Å². The van der Waals surface area contributed by atoms with Gasteiger partial charge in [-0.15, -0.1) is 5.26 Å². The molecule has 0 aromatic rings. The number of aliphatic hydroxyl groups excluding tert-OH is 1. The van der Waals surface area contributed by atoms with E-state index in [2.05, 4.69) is 11.3 Å². The smallest absolute Gasteiger partial charge is 0.345 e. The molecule has 6 heteroatoms. The van der Waals surface area contributed by atoms with Crippen molar-refractivity contribution < 1.29 is 24.5 Å². The van der Waals surface area contributed by atoms with E-state index in [-0.39, 0.29) is 0 Å². The molecule has 0 rings (SSSR count). The molecule has 0 heterocycles. The van der Waals surface area contributed by atoms with Crippen LogP contribution in [0.1, 0.15) is 6.92 Å². The molecule has 0 fully saturated rings. The fourth-order valence-electron chi connectivity index (χ4n) is 0.0867. The van der Waals surface area contributed by atoms with Gasteiger partial charge in [0.1, 0.15) is 6.10 Å². The number of hydrogen-bond acceptors (Lipinski definition) is 5. The molecule has 0 aromatic carbocycles. The van der Waals surface area contributed by atoms with Crippen molar-refractivity contribution in [3.8, 4) is 6.26 Å². The molecule has 0 amide bonds. The summed E-state index contributed by atoms with van der Waals surface area (Å²) in [7, 11) is 0. The summed E-state index contributed by atoms with van der Waals surface area (Å²) in [4.78, 5) is 19.3. The molecule has 2 N–H and O–H groups in total. The zero-order valence-corrected chi connectivity index (χ0v) is 6.93. The monoisotopic (exact) mass is 187 g/mol. The van der Waals surface area contributed by atoms with E-state index in [0.29, 0.717) is 0 Å². The topological polar surface area (TPSA) is 108 Å². The molecule has 0 aromatic heterocycles. The minimum absolute atomic E-state index is 0.720. The lowest BCUT2D eigenvalue weighted by Gasteiger charge is -1.89. The average Bonchev–Trinajstić information content (AvgIpc) is 2.05. The Morgan fingerprint density at radius 2 is 2.08 bits per heavy atom. The molecule has 6 nitrogen and oxygen atoms in total. The summed E-state index contributed by atoms with van der Waals surface area (Å²) >= 11 is 0. The number of carbonyl (C=O) groups is 2. The van der Waals surface area contributed by atoms with Crippen LogP contribution >= 0.6 is 0 Å². The molecule has 13 heavy (non-hydrogen) atoms. The Balaban J connectivity index is 0. The number of aliphatic hydroxyl groups is 1. The molecule has 0 saturated heterocycles. The summed E-state index contributed by atoms with van der Waals surface area (Å²) in [6.07, 6.45) is 0.886. The van der Waals surface area contributed by atoms with Gasteiger partial charge in [-0.05, 0) is 6.92 Å². The van der Waals surface area contributed by atoms with E-state index in [0.717, 1.165) is 6.08 Å². The number of rotatable bonds is 2. The first-order valence-electron chi connectivity index (χ1n) is 3.08. The third kappa shape index (κ3) is 13.2. The highest BCUT2D eigenvalue weighted by Gasteiger charge is 2.01. The summed E-state index contributed by atoms with van der Waals surface area (Å²) in [5, 5.41) is 23.4. The second kappa shape index (κ2) is 8.23. The van der Waals surface area contributed by atoms with Crippen molar-refractivity contribution in [1.82, 2.24) is 0 Å². The van der Waals surface area contributed by atoms with Crippen LogP contribution in [0.3, 0.4) is 0 Å². The van der Waals surface area contributed by atoms with Crippen LogP contribution in [0.25, 0.3) is 0 Å². The van der Waals surface area contributed by atoms with Crippen molar-refractivity contribution in [2.45, 2.75) is 13.0 Å². The van der Waals surface area contributed by atoms with Crippen LogP contribution in [-0.2, 0) is 14.3 Å². The molecule has 0 bridgehead atoms. The van der Waals surface area contributed by atoms with Gasteiger partial charge in [0.05, 0.1) is 0 Å². The van der Waals surface area contributed by atoms with Gasteiger partial charge < -0.3 is 14.9 Å². The van der Waals surface area contributed by atoms with Gasteiger partial charge in [0.2, 0.25) is 0 Å². The number of carboxylic acid groups (broad SMARTS) is 1. The Morgan fingerprint density at radius 3 is 2.15 bits per heavy atom. The molecule has 0 spiro atoms. The van der Waals surface area contributed by atoms with Gasteiger partial charge in [-0.3, -0.25) is 0 Å². The summed E-state index contributed by atoms with van der Waals surface area (Å²) in [5.41, 5.74) is 0. The van der Waals surface area contributed by atoms with Crippen LogP contribution in [0.2, 0.25) is 0 Å². The van der Waals surface area contributed by atoms with Crippen LogP contribution in [0.15, 0.2) is 12.7 Å². The Bertz CT molecular complexity index is 228. The van der Waals surface area contributed by atoms with Gasteiger partial charge in [-0.25, -0.2) is 9.59 Å². The minimum atomic E-state index is -1.23. The lowest BCUT2D eigenvalue weighted by Crippen LogP contribution is -2.13. The van der Waals surface area contributed by atoms with Crippen molar-refractivity contribution >= 4 is 11.9 Å². The van der Waals surface area contributed by atoms with E-state index in [1.165, 1.54) is 13.2 Å². The molecule has 0 aliphatic carbocycles. The molecular formula is C7H9NO5. The Hall–Kier alpha value is -1.87. The number of esters is 1. The third-order valence-electron chi connectivity index (χ3n) is 0.670. The minimum Gasteiger partial charge on any atom is -0.479 e. The quantitative estimate of drug-likeness (QED) is 0.347. The second-order valence-corrected chi connectivity index (χ2v) is 1.73. The summed E-state index contributed by atoms with van der Waals surface area (Å²) < 4.78 is 3.74. The van der Waals surface area contributed by atoms with Crippen LogP contribution in [-0.4, -0.2) is 28.3 Å². The predicted octanol–water partition coefficient (Wildman–Crippen LogP) is -0.352.